The number of amides is 2. The van der Waals surface area contributed by atoms with Gasteiger partial charge in [-0.15, -0.1) is 0 Å². The quantitative estimate of drug-likeness (QED) is 0.295. The number of halogens is 4. The number of nitrogens with zero attached hydrogens (tertiary/aromatic N) is 4. The number of alkyl halides is 2. The summed E-state index contributed by atoms with van der Waals surface area (Å²) in [4.78, 5) is 44.2. The second-order valence-electron chi connectivity index (χ2n) is 10.6. The molecule has 2 amide bonds. The number of aromatic nitrogens is 2. The molecular weight excluding hydrogens is 644 g/mol. The van der Waals surface area contributed by atoms with Crippen molar-refractivity contribution in [2.45, 2.75) is 32.0 Å². The summed E-state index contributed by atoms with van der Waals surface area (Å²) < 4.78 is 31.1. The van der Waals surface area contributed by atoms with Crippen molar-refractivity contribution in [3.63, 3.8) is 0 Å². The molecule has 222 valence electrons. The van der Waals surface area contributed by atoms with Crippen molar-refractivity contribution in [2.24, 2.45) is 0 Å². The number of nitrogens with one attached hydrogen (secondary N) is 1. The number of benzene rings is 3. The maximum Gasteiger partial charge on any atom is 0.333 e. The second kappa shape index (κ2) is 11.6. The van der Waals surface area contributed by atoms with Crippen molar-refractivity contribution >= 4 is 45.0 Å². The van der Waals surface area contributed by atoms with Crippen LogP contribution in [0.1, 0.15) is 38.5 Å². The topological polar surface area (TPSA) is 79.6 Å². The fourth-order valence-electron chi connectivity index (χ4n) is 5.55. The Kier molecular flexibility index (Phi) is 7.87. The van der Waals surface area contributed by atoms with Crippen molar-refractivity contribution in [1.82, 2.24) is 19.4 Å². The zero-order valence-corrected chi connectivity index (χ0v) is 25.2. The van der Waals surface area contributed by atoms with E-state index in [1.165, 1.54) is 9.13 Å². The Morgan fingerprint density at radius 3 is 2.35 bits per heavy atom. The standard InChI is InChI=1S/C31H27BrClF2N5O3/c32-24-11-6-21(16-25(24)33)29(42)37-14-15-39-26(18-37)27(28(41)36-17-20-4-2-1-3-5-20)40(30(39)43)23-9-7-22(8-10-23)38-13-12-31(34,35)19-38/h1-11,16H,12-15,17-19H2,(H,36,41). The molecule has 0 saturated carbocycles. The first-order valence-corrected chi connectivity index (χ1v) is 14.9. The molecule has 3 aromatic carbocycles. The van der Waals surface area contributed by atoms with Gasteiger partial charge in [0.1, 0.15) is 5.69 Å². The van der Waals surface area contributed by atoms with Gasteiger partial charge in [-0.2, -0.15) is 0 Å². The molecule has 4 aromatic rings. The smallest absolute Gasteiger partial charge is 0.333 e. The number of hydrogen-bond acceptors (Lipinski definition) is 4. The third kappa shape index (κ3) is 5.83. The molecular formula is C31H27BrClF2N5O3. The maximum absolute atomic E-state index is 13.8. The largest absolute Gasteiger partial charge is 0.365 e. The van der Waals surface area contributed by atoms with Gasteiger partial charge in [-0.25, -0.2) is 13.6 Å². The predicted octanol–water partition coefficient (Wildman–Crippen LogP) is 5.49. The van der Waals surface area contributed by atoms with Gasteiger partial charge < -0.3 is 15.1 Å². The number of anilines is 1. The van der Waals surface area contributed by atoms with Gasteiger partial charge in [-0.1, -0.05) is 41.9 Å². The lowest BCUT2D eigenvalue weighted by Gasteiger charge is -2.28. The van der Waals surface area contributed by atoms with E-state index in [0.29, 0.717) is 32.1 Å². The second-order valence-corrected chi connectivity index (χ2v) is 11.9. The Balaban J connectivity index is 1.36. The third-order valence-corrected chi connectivity index (χ3v) is 9.02. The van der Waals surface area contributed by atoms with Crippen molar-refractivity contribution in [3.05, 3.63) is 115 Å². The van der Waals surface area contributed by atoms with Crippen LogP contribution in [0.4, 0.5) is 14.5 Å². The molecule has 1 fully saturated rings. The first-order valence-electron chi connectivity index (χ1n) is 13.8. The molecule has 0 atom stereocenters. The lowest BCUT2D eigenvalue weighted by molar-refractivity contribution is 0.0257. The van der Waals surface area contributed by atoms with E-state index in [2.05, 4.69) is 21.2 Å². The minimum atomic E-state index is -2.74. The van der Waals surface area contributed by atoms with Gasteiger partial charge in [0.25, 0.3) is 17.7 Å². The fraction of sp³-hybridized carbons (Fsp3) is 0.258. The van der Waals surface area contributed by atoms with E-state index in [1.807, 2.05) is 30.3 Å². The molecule has 0 spiro atoms. The minimum absolute atomic E-state index is 0.0315. The maximum atomic E-state index is 13.8. The van der Waals surface area contributed by atoms with E-state index in [4.69, 9.17) is 11.6 Å². The van der Waals surface area contributed by atoms with Gasteiger partial charge in [0.15, 0.2) is 0 Å². The van der Waals surface area contributed by atoms with Crippen LogP contribution in [0, 0.1) is 0 Å². The lowest BCUT2D eigenvalue weighted by atomic mass is 10.1. The monoisotopic (exact) mass is 669 g/mol. The summed E-state index contributed by atoms with van der Waals surface area (Å²) in [5, 5.41) is 3.31. The highest BCUT2D eigenvalue weighted by Gasteiger charge is 2.38. The average molecular weight is 671 g/mol. The molecule has 1 saturated heterocycles. The number of hydrogen-bond donors (Lipinski definition) is 1. The number of carbonyl (C=O) groups excluding carboxylic acids is 2. The summed E-state index contributed by atoms with van der Waals surface area (Å²) >= 11 is 9.57. The number of fused-ring (bicyclic) bond motifs is 1. The SMILES string of the molecule is O=C(NCc1ccccc1)c1c2n(c(=O)n1-c1ccc(N3CCC(F)(F)C3)cc1)CCN(C(=O)c1ccc(Br)c(Cl)c1)C2. The number of rotatable bonds is 6. The predicted molar refractivity (Wildman–Crippen MR) is 163 cm³/mol. The summed E-state index contributed by atoms with van der Waals surface area (Å²) in [6, 6.07) is 21.0. The molecule has 0 radical (unpaired) electrons. The van der Waals surface area contributed by atoms with Crippen molar-refractivity contribution in [3.8, 4) is 5.69 Å². The van der Waals surface area contributed by atoms with Crippen LogP contribution >= 0.6 is 27.5 Å². The highest BCUT2D eigenvalue weighted by atomic mass is 79.9. The summed E-state index contributed by atoms with van der Waals surface area (Å²) in [6.45, 7) is 0.582. The molecule has 0 unspecified atom stereocenters. The number of imidazole rings is 1. The zero-order chi connectivity index (χ0) is 30.3. The first kappa shape index (κ1) is 29.1. The van der Waals surface area contributed by atoms with Gasteiger partial charge in [-0.05, 0) is 64.0 Å². The van der Waals surface area contributed by atoms with E-state index in [-0.39, 0.29) is 57.3 Å². The number of carbonyl (C=O) groups is 2. The Hall–Kier alpha value is -3.96. The Morgan fingerprint density at radius 1 is 0.953 bits per heavy atom. The van der Waals surface area contributed by atoms with Crippen LogP contribution < -0.4 is 15.9 Å². The average Bonchev–Trinajstić information content (AvgIpc) is 3.53. The molecule has 1 N–H and O–H groups in total. The molecule has 2 aliphatic rings. The van der Waals surface area contributed by atoms with Gasteiger partial charge >= 0.3 is 5.69 Å². The summed E-state index contributed by atoms with van der Waals surface area (Å²) in [7, 11) is 0. The van der Waals surface area contributed by atoms with Crippen LogP contribution in [0.5, 0.6) is 0 Å². The Bertz CT molecular complexity index is 1760. The zero-order valence-electron chi connectivity index (χ0n) is 22.9. The van der Waals surface area contributed by atoms with Crippen LogP contribution in [0.25, 0.3) is 5.69 Å². The summed E-state index contributed by atoms with van der Waals surface area (Å²) in [5.74, 6) is -3.49. The van der Waals surface area contributed by atoms with E-state index >= 15 is 0 Å². The molecule has 6 rings (SSSR count). The molecule has 0 aliphatic carbocycles. The van der Waals surface area contributed by atoms with Crippen LogP contribution in [0.2, 0.25) is 5.02 Å². The molecule has 3 heterocycles. The van der Waals surface area contributed by atoms with Crippen LogP contribution in [0.15, 0.2) is 82.1 Å². The van der Waals surface area contributed by atoms with Crippen molar-refractivity contribution in [2.75, 3.05) is 24.5 Å². The van der Waals surface area contributed by atoms with Gasteiger partial charge in [0.05, 0.1) is 29.5 Å². The molecule has 12 heteroatoms. The molecule has 1 aromatic heterocycles. The van der Waals surface area contributed by atoms with Crippen molar-refractivity contribution < 1.29 is 18.4 Å². The Morgan fingerprint density at radius 2 is 1.67 bits per heavy atom. The van der Waals surface area contributed by atoms with Crippen molar-refractivity contribution in [1.29, 1.82) is 0 Å². The van der Waals surface area contributed by atoms with E-state index in [0.717, 1.165) is 5.56 Å². The first-order chi connectivity index (χ1) is 20.6. The summed E-state index contributed by atoms with van der Waals surface area (Å²) in [5.41, 5.74) is 2.41. The van der Waals surface area contributed by atoms with E-state index in [9.17, 15) is 23.2 Å². The van der Waals surface area contributed by atoms with Gasteiger partial charge in [0, 0.05) is 48.3 Å². The fourth-order valence-corrected chi connectivity index (χ4v) is 5.98. The normalized spacial score (nSPS) is 15.8. The summed E-state index contributed by atoms with van der Waals surface area (Å²) in [6.07, 6.45) is -0.214. The molecule has 2 aliphatic heterocycles. The Labute approximate surface area is 259 Å². The van der Waals surface area contributed by atoms with E-state index in [1.54, 1.807) is 52.3 Å². The van der Waals surface area contributed by atoms with Crippen LogP contribution in [-0.2, 0) is 19.6 Å². The third-order valence-electron chi connectivity index (χ3n) is 7.79. The minimum Gasteiger partial charge on any atom is -0.365 e. The highest BCUT2D eigenvalue weighted by Crippen LogP contribution is 2.32. The van der Waals surface area contributed by atoms with Crippen LogP contribution in [0.3, 0.4) is 0 Å². The highest BCUT2D eigenvalue weighted by molar-refractivity contribution is 9.10. The van der Waals surface area contributed by atoms with Gasteiger partial charge in [0.2, 0.25) is 0 Å². The van der Waals surface area contributed by atoms with E-state index < -0.39 is 17.5 Å². The van der Waals surface area contributed by atoms with Crippen LogP contribution in [-0.4, -0.2) is 51.4 Å². The molecule has 0 bridgehead atoms. The molecule has 43 heavy (non-hydrogen) atoms. The van der Waals surface area contributed by atoms with Gasteiger partial charge in [-0.3, -0.25) is 18.7 Å². The lowest BCUT2D eigenvalue weighted by Crippen LogP contribution is -2.41. The molecule has 8 nitrogen and oxygen atoms in total.